The predicted molar refractivity (Wildman–Crippen MR) is 96.9 cm³/mol. The van der Waals surface area contributed by atoms with E-state index in [0.29, 0.717) is 5.56 Å². The van der Waals surface area contributed by atoms with Gasteiger partial charge in [-0.3, -0.25) is 14.2 Å². The molecule has 0 aliphatic carbocycles. The number of amides is 2. The number of hydrogen-bond donors (Lipinski definition) is 1. The van der Waals surface area contributed by atoms with Crippen LogP contribution in [0.15, 0.2) is 30.3 Å². The Morgan fingerprint density at radius 2 is 1.76 bits per heavy atom. The van der Waals surface area contributed by atoms with Gasteiger partial charge in [-0.05, 0) is 26.0 Å². The maximum Gasteiger partial charge on any atom is 0.362 e. The molecule has 9 heteroatoms. The smallest absolute Gasteiger partial charge is 0.342 e. The van der Waals surface area contributed by atoms with Crippen LogP contribution >= 0.6 is 19.2 Å². The van der Waals surface area contributed by atoms with Gasteiger partial charge in [0.05, 0.1) is 13.2 Å². The third-order valence-electron chi connectivity index (χ3n) is 3.27. The van der Waals surface area contributed by atoms with Crippen molar-refractivity contribution in [2.75, 3.05) is 32.7 Å². The molecule has 0 saturated carbocycles. The largest absolute Gasteiger partial charge is 0.362 e. The summed E-state index contributed by atoms with van der Waals surface area (Å²) >= 11 is 5.67. The number of carbonyl (C=O) groups excluding carboxylic acids is 2. The van der Waals surface area contributed by atoms with Gasteiger partial charge in [0.25, 0.3) is 11.8 Å². The van der Waals surface area contributed by atoms with Gasteiger partial charge in [0.15, 0.2) is 0 Å². The van der Waals surface area contributed by atoms with Crippen LogP contribution in [0.25, 0.3) is 0 Å². The van der Waals surface area contributed by atoms with Gasteiger partial charge >= 0.3 is 7.60 Å². The van der Waals surface area contributed by atoms with Gasteiger partial charge in [0.2, 0.25) is 5.78 Å². The van der Waals surface area contributed by atoms with E-state index in [4.69, 9.17) is 20.6 Å². The Labute approximate surface area is 153 Å². The van der Waals surface area contributed by atoms with Gasteiger partial charge < -0.3 is 19.3 Å². The highest BCUT2D eigenvalue weighted by molar-refractivity contribution is 7.55. The van der Waals surface area contributed by atoms with E-state index in [2.05, 4.69) is 5.32 Å². The molecule has 0 spiro atoms. The lowest BCUT2D eigenvalue weighted by molar-refractivity contribution is -0.130. The molecule has 140 valence electrons. The first-order valence-electron chi connectivity index (χ1n) is 7.95. The molecule has 1 N–H and O–H groups in total. The number of rotatable bonds is 10. The number of nitrogens with zero attached hydrogens (tertiary/aromatic N) is 1. The first-order valence-corrected chi connectivity index (χ1v) is 10.1. The molecular weight excluding hydrogens is 367 g/mol. The molecule has 25 heavy (non-hydrogen) atoms. The molecule has 0 bridgehead atoms. The van der Waals surface area contributed by atoms with Crippen LogP contribution < -0.4 is 5.32 Å². The van der Waals surface area contributed by atoms with Crippen LogP contribution in [0.1, 0.15) is 24.2 Å². The fourth-order valence-electron chi connectivity index (χ4n) is 2.07. The number of nitrogens with one attached hydrogen (secondary N) is 1. The van der Waals surface area contributed by atoms with Gasteiger partial charge in [0.1, 0.15) is 0 Å². The molecule has 1 rings (SSSR count). The molecule has 1 atom stereocenters. The van der Waals surface area contributed by atoms with Crippen molar-refractivity contribution in [2.45, 2.75) is 19.6 Å². The third-order valence-corrected chi connectivity index (χ3v) is 5.66. The highest BCUT2D eigenvalue weighted by Crippen LogP contribution is 2.52. The van der Waals surface area contributed by atoms with Crippen molar-refractivity contribution in [1.29, 1.82) is 0 Å². The molecule has 0 saturated heterocycles. The van der Waals surface area contributed by atoms with E-state index >= 15 is 0 Å². The van der Waals surface area contributed by atoms with Gasteiger partial charge in [-0.1, -0.05) is 18.2 Å². The second kappa shape index (κ2) is 10.6. The average molecular weight is 391 g/mol. The van der Waals surface area contributed by atoms with E-state index in [1.807, 2.05) is 0 Å². The summed E-state index contributed by atoms with van der Waals surface area (Å²) in [6, 6.07) is 8.32. The van der Waals surface area contributed by atoms with Gasteiger partial charge in [-0.25, -0.2) is 0 Å². The molecule has 0 fully saturated rings. The zero-order valence-corrected chi connectivity index (χ0v) is 16.3. The Bertz CT molecular complexity index is 604. The van der Waals surface area contributed by atoms with Crippen molar-refractivity contribution in [3.63, 3.8) is 0 Å². The molecule has 0 aromatic heterocycles. The van der Waals surface area contributed by atoms with Crippen molar-refractivity contribution >= 4 is 31.0 Å². The molecular formula is C16H24ClN2O5P. The molecule has 1 aromatic carbocycles. The topological polar surface area (TPSA) is 84.9 Å². The van der Waals surface area contributed by atoms with Crippen molar-refractivity contribution in [2.24, 2.45) is 0 Å². The first kappa shape index (κ1) is 21.6. The summed E-state index contributed by atoms with van der Waals surface area (Å²) in [5.74, 6) is -2.38. The Kier molecular flexibility index (Phi) is 9.14. The lowest BCUT2D eigenvalue weighted by Gasteiger charge is -2.29. The minimum absolute atomic E-state index is 0.0709. The standard InChI is InChI=1S/C16H24ClN2O5P/c1-4-23-25(22,24-5-2)15(16(21)19(3)12-11-17)18-14(20)13-9-7-6-8-10-13/h6-10,15H,4-5,11-12H2,1-3H3,(H,18,20). The summed E-state index contributed by atoms with van der Waals surface area (Å²) < 4.78 is 23.6. The summed E-state index contributed by atoms with van der Waals surface area (Å²) in [6.07, 6.45) is 0. The Balaban J connectivity index is 3.15. The number of carbonyl (C=O) groups is 2. The highest BCUT2D eigenvalue weighted by Gasteiger charge is 2.43. The summed E-state index contributed by atoms with van der Waals surface area (Å²) in [6.45, 7) is 3.64. The molecule has 2 amide bonds. The second-order valence-electron chi connectivity index (χ2n) is 5.07. The Hall–Kier alpha value is -1.40. The van der Waals surface area contributed by atoms with E-state index in [0.717, 1.165) is 0 Å². The zero-order valence-electron chi connectivity index (χ0n) is 14.6. The fourth-order valence-corrected chi connectivity index (χ4v) is 4.15. The van der Waals surface area contributed by atoms with Crippen molar-refractivity contribution in [1.82, 2.24) is 10.2 Å². The molecule has 1 unspecified atom stereocenters. The van der Waals surface area contributed by atoms with Crippen LogP contribution in [0, 0.1) is 0 Å². The van der Waals surface area contributed by atoms with Crippen LogP contribution in [0.4, 0.5) is 0 Å². The van der Waals surface area contributed by atoms with Crippen LogP contribution in [0.2, 0.25) is 0 Å². The maximum absolute atomic E-state index is 13.1. The van der Waals surface area contributed by atoms with Crippen LogP contribution in [-0.2, 0) is 18.4 Å². The van der Waals surface area contributed by atoms with E-state index < -0.39 is 25.2 Å². The molecule has 7 nitrogen and oxygen atoms in total. The fraction of sp³-hybridized carbons (Fsp3) is 0.500. The molecule has 0 aliphatic rings. The average Bonchev–Trinajstić information content (AvgIpc) is 2.60. The first-order chi connectivity index (χ1) is 11.9. The number of hydrogen-bond acceptors (Lipinski definition) is 5. The second-order valence-corrected chi connectivity index (χ2v) is 7.56. The van der Waals surface area contributed by atoms with Crippen molar-refractivity contribution in [3.05, 3.63) is 35.9 Å². The summed E-state index contributed by atoms with van der Waals surface area (Å²) in [4.78, 5) is 26.5. The quantitative estimate of drug-likeness (QED) is 0.490. The third kappa shape index (κ3) is 6.12. The summed E-state index contributed by atoms with van der Waals surface area (Å²) in [7, 11) is -2.40. The van der Waals surface area contributed by atoms with Gasteiger partial charge in [-0.15, -0.1) is 11.6 Å². The number of halogens is 1. The number of likely N-dealkylation sites (N-methyl/N-ethyl adjacent to an activating group) is 1. The lowest BCUT2D eigenvalue weighted by atomic mass is 10.2. The van der Waals surface area contributed by atoms with Crippen LogP contribution in [-0.4, -0.2) is 55.2 Å². The SMILES string of the molecule is CCOP(=O)(OCC)C(NC(=O)c1ccccc1)C(=O)N(C)CCCl. The lowest BCUT2D eigenvalue weighted by Crippen LogP contribution is -2.48. The summed E-state index contributed by atoms with van der Waals surface area (Å²) in [5, 5.41) is 2.50. The van der Waals surface area contributed by atoms with Gasteiger partial charge in [-0.2, -0.15) is 0 Å². The molecule has 1 aromatic rings. The Morgan fingerprint density at radius 1 is 1.20 bits per heavy atom. The monoisotopic (exact) mass is 390 g/mol. The number of alkyl halides is 1. The van der Waals surface area contributed by atoms with E-state index in [1.54, 1.807) is 44.2 Å². The Morgan fingerprint density at radius 3 is 2.24 bits per heavy atom. The van der Waals surface area contributed by atoms with Crippen molar-refractivity contribution < 1.29 is 23.2 Å². The highest BCUT2D eigenvalue weighted by atomic mass is 35.5. The predicted octanol–water partition coefficient (Wildman–Crippen LogP) is 2.71. The van der Waals surface area contributed by atoms with Crippen LogP contribution in [0.3, 0.4) is 0 Å². The van der Waals surface area contributed by atoms with Crippen molar-refractivity contribution in [3.8, 4) is 0 Å². The zero-order chi connectivity index (χ0) is 18.9. The number of benzene rings is 1. The van der Waals surface area contributed by atoms with Gasteiger partial charge in [0, 0.05) is 25.0 Å². The van der Waals surface area contributed by atoms with E-state index in [1.165, 1.54) is 11.9 Å². The minimum Gasteiger partial charge on any atom is -0.342 e. The molecule has 0 radical (unpaired) electrons. The van der Waals surface area contributed by atoms with E-state index in [-0.39, 0.29) is 25.6 Å². The normalized spacial score (nSPS) is 12.5. The van der Waals surface area contributed by atoms with Crippen LogP contribution in [0.5, 0.6) is 0 Å². The maximum atomic E-state index is 13.1. The summed E-state index contributed by atoms with van der Waals surface area (Å²) in [5.41, 5.74) is 0.333. The van der Waals surface area contributed by atoms with E-state index in [9.17, 15) is 14.2 Å². The molecule has 0 heterocycles. The minimum atomic E-state index is -3.90. The molecule has 0 aliphatic heterocycles.